The summed E-state index contributed by atoms with van der Waals surface area (Å²) in [6.07, 6.45) is 3.65. The van der Waals surface area contributed by atoms with E-state index in [1.54, 1.807) is 0 Å². The molecule has 9 heavy (non-hydrogen) atoms. The Morgan fingerprint density at radius 1 is 1.56 bits per heavy atom. The third-order valence-electron chi connectivity index (χ3n) is 0.466. The van der Waals surface area contributed by atoms with E-state index < -0.39 is 5.24 Å². The second-order valence-corrected chi connectivity index (χ2v) is 1.45. The maximum Gasteiger partial charge on any atom is 0.245 e. The molecule has 0 saturated carbocycles. The van der Waals surface area contributed by atoms with Gasteiger partial charge in [0, 0.05) is 0 Å². The van der Waals surface area contributed by atoms with Gasteiger partial charge in [0.1, 0.15) is 0 Å². The van der Waals surface area contributed by atoms with Crippen LogP contribution in [0.5, 0.6) is 0 Å². The molecule has 0 unspecified atom stereocenters. The Bertz CT molecular complexity index is 205. The molecule has 3 heteroatoms. The second kappa shape index (κ2) is 5.07. The van der Waals surface area contributed by atoms with E-state index in [9.17, 15) is 9.59 Å². The van der Waals surface area contributed by atoms with Gasteiger partial charge < -0.3 is 0 Å². The summed E-state index contributed by atoms with van der Waals surface area (Å²) in [7, 11) is 0. The van der Waals surface area contributed by atoms with Crippen molar-refractivity contribution in [3.63, 3.8) is 0 Å². The van der Waals surface area contributed by atoms with Crippen molar-refractivity contribution in [1.82, 2.24) is 0 Å². The number of carbonyl (C=O) groups is 1. The Kier molecular flexibility index (Phi) is 4.47. The van der Waals surface area contributed by atoms with Crippen LogP contribution in [0.25, 0.3) is 0 Å². The van der Waals surface area contributed by atoms with E-state index in [1.165, 1.54) is 18.1 Å². The molecule has 0 bridgehead atoms. The predicted octanol–water partition coefficient (Wildman–Crippen LogP) is 0.851. The molecule has 2 nitrogen and oxygen atoms in total. The van der Waals surface area contributed by atoms with E-state index in [1.807, 2.05) is 0 Å². The monoisotopic (exact) mass is 142 g/mol. The van der Waals surface area contributed by atoms with Crippen LogP contribution in [0.1, 0.15) is 0 Å². The van der Waals surface area contributed by atoms with Gasteiger partial charge in [-0.25, -0.2) is 4.79 Å². The molecule has 0 atom stereocenters. The fraction of sp³-hybridized carbons (Fsp3) is 0. The molecule has 0 spiro atoms. The van der Waals surface area contributed by atoms with E-state index in [-0.39, 0.29) is 0 Å². The van der Waals surface area contributed by atoms with Crippen molar-refractivity contribution in [2.75, 3.05) is 0 Å². The highest BCUT2D eigenvalue weighted by atomic mass is 35.5. The number of hydrogen-bond donors (Lipinski definition) is 0. The molecule has 0 aliphatic rings. The third-order valence-corrected chi connectivity index (χ3v) is 0.592. The number of halogens is 1. The summed E-state index contributed by atoms with van der Waals surface area (Å²) in [6, 6.07) is 0. The average Bonchev–Trinajstić information content (AvgIpc) is 1.80. The molecule has 0 heterocycles. The first-order valence-electron chi connectivity index (χ1n) is 2.09. The van der Waals surface area contributed by atoms with E-state index >= 15 is 0 Å². The summed E-state index contributed by atoms with van der Waals surface area (Å²) in [5.41, 5.74) is 2.08. The van der Waals surface area contributed by atoms with E-state index in [0.717, 1.165) is 6.08 Å². The van der Waals surface area contributed by atoms with E-state index in [4.69, 9.17) is 11.6 Å². The number of carbonyl (C=O) groups excluding carboxylic acids is 2. The highest BCUT2D eigenvalue weighted by Crippen LogP contribution is 1.81. The second-order valence-electron chi connectivity index (χ2n) is 1.08. The van der Waals surface area contributed by atoms with Gasteiger partial charge in [-0.3, -0.25) is 4.79 Å². The topological polar surface area (TPSA) is 34.1 Å². The maximum atomic E-state index is 9.94. The fourth-order valence-electron chi connectivity index (χ4n) is 0.206. The molecule has 0 aliphatic heterocycles. The summed E-state index contributed by atoms with van der Waals surface area (Å²) in [5, 5.41) is -0.584. The lowest BCUT2D eigenvalue weighted by atomic mass is 10.5. The molecule has 0 fully saturated rings. The molecule has 0 aromatic rings. The summed E-state index contributed by atoms with van der Waals surface area (Å²) in [4.78, 5) is 19.4. The summed E-state index contributed by atoms with van der Waals surface area (Å²) < 4.78 is 0. The molecule has 46 valence electrons. The van der Waals surface area contributed by atoms with Gasteiger partial charge in [-0.05, 0) is 35.6 Å². The van der Waals surface area contributed by atoms with Crippen LogP contribution < -0.4 is 0 Å². The first kappa shape index (κ1) is 7.93. The SMILES string of the molecule is O=C=C=C/C=C/C(=O)Cl. The number of allylic oxidation sites excluding steroid dienone is 3. The van der Waals surface area contributed by atoms with Crippen molar-refractivity contribution >= 4 is 22.8 Å². The summed E-state index contributed by atoms with van der Waals surface area (Å²) in [5.74, 6) is 1.38. The molecule has 0 amide bonds. The average molecular weight is 143 g/mol. The van der Waals surface area contributed by atoms with Crippen LogP contribution in [0.3, 0.4) is 0 Å². The Morgan fingerprint density at radius 3 is 2.67 bits per heavy atom. The Morgan fingerprint density at radius 2 is 2.22 bits per heavy atom. The maximum absolute atomic E-state index is 9.94. The van der Waals surface area contributed by atoms with Crippen molar-refractivity contribution in [3.05, 3.63) is 24.0 Å². The van der Waals surface area contributed by atoms with Crippen LogP contribution in [0.4, 0.5) is 0 Å². The molecular formula is C6H3ClO2. The smallest absolute Gasteiger partial charge is 0.245 e. The normalized spacial score (nSPS) is 8.11. The van der Waals surface area contributed by atoms with Crippen molar-refractivity contribution in [1.29, 1.82) is 0 Å². The van der Waals surface area contributed by atoms with E-state index in [2.05, 4.69) is 5.73 Å². The highest BCUT2D eigenvalue weighted by molar-refractivity contribution is 6.66. The molecule has 0 rings (SSSR count). The molecule has 0 N–H and O–H groups in total. The van der Waals surface area contributed by atoms with Gasteiger partial charge in [-0.15, -0.1) is 0 Å². The van der Waals surface area contributed by atoms with Gasteiger partial charge >= 0.3 is 0 Å². The molecule has 0 aromatic carbocycles. The minimum absolute atomic E-state index is 0.584. The Hall–Kier alpha value is -1.07. The van der Waals surface area contributed by atoms with Gasteiger partial charge in [0.2, 0.25) is 5.24 Å². The molecule has 0 radical (unpaired) electrons. The summed E-state index contributed by atoms with van der Waals surface area (Å²) >= 11 is 4.88. The highest BCUT2D eigenvalue weighted by Gasteiger charge is 1.78. The van der Waals surface area contributed by atoms with Crippen molar-refractivity contribution < 1.29 is 9.59 Å². The van der Waals surface area contributed by atoms with Gasteiger partial charge in [0.05, 0.1) is 0 Å². The molecular weight excluding hydrogens is 140 g/mol. The lowest BCUT2D eigenvalue weighted by Crippen LogP contribution is -1.71. The van der Waals surface area contributed by atoms with Gasteiger partial charge in [-0.1, -0.05) is 0 Å². The van der Waals surface area contributed by atoms with Gasteiger partial charge in [0.15, 0.2) is 5.94 Å². The summed E-state index contributed by atoms with van der Waals surface area (Å²) in [6.45, 7) is 0. The minimum atomic E-state index is -0.584. The zero-order chi connectivity index (χ0) is 7.11. The standard InChI is InChI=1S/C6H3ClO2/c7-6(9)4-2-1-3-5-8/h1-2,4H/b4-2+. The van der Waals surface area contributed by atoms with Crippen molar-refractivity contribution in [2.45, 2.75) is 0 Å². The number of rotatable bonds is 2. The van der Waals surface area contributed by atoms with E-state index in [0.29, 0.717) is 0 Å². The van der Waals surface area contributed by atoms with Crippen molar-refractivity contribution in [3.8, 4) is 0 Å². The van der Waals surface area contributed by atoms with Gasteiger partial charge in [0.25, 0.3) is 0 Å². The largest absolute Gasteiger partial charge is 0.276 e. The minimum Gasteiger partial charge on any atom is -0.276 e. The van der Waals surface area contributed by atoms with Crippen LogP contribution in [0.15, 0.2) is 24.0 Å². The first-order valence-corrected chi connectivity index (χ1v) is 2.47. The van der Waals surface area contributed by atoms with Crippen LogP contribution in [0, 0.1) is 0 Å². The van der Waals surface area contributed by atoms with Crippen LogP contribution in [-0.4, -0.2) is 11.2 Å². The zero-order valence-electron chi connectivity index (χ0n) is 4.43. The molecule has 0 saturated heterocycles. The van der Waals surface area contributed by atoms with Crippen LogP contribution >= 0.6 is 11.6 Å². The quantitative estimate of drug-likeness (QED) is 0.188. The van der Waals surface area contributed by atoms with Crippen molar-refractivity contribution in [2.24, 2.45) is 0 Å². The molecule has 0 aromatic heterocycles. The number of hydrogen-bond acceptors (Lipinski definition) is 2. The fourth-order valence-corrected chi connectivity index (χ4v) is 0.279. The lowest BCUT2D eigenvalue weighted by Gasteiger charge is -1.67. The lowest BCUT2D eigenvalue weighted by molar-refractivity contribution is -0.107. The van der Waals surface area contributed by atoms with Crippen LogP contribution in [0.2, 0.25) is 0 Å². The van der Waals surface area contributed by atoms with Crippen LogP contribution in [-0.2, 0) is 9.59 Å². The third kappa shape index (κ3) is 6.93. The molecule has 0 aliphatic carbocycles. The Labute approximate surface area is 57.1 Å². The predicted molar refractivity (Wildman–Crippen MR) is 33.8 cm³/mol. The first-order chi connectivity index (χ1) is 4.27. The zero-order valence-corrected chi connectivity index (χ0v) is 5.18. The van der Waals surface area contributed by atoms with Gasteiger partial charge in [-0.2, -0.15) is 0 Å². The Balaban J connectivity index is 3.88.